The number of benzene rings is 2. The number of nitrogens with zero attached hydrogens (tertiary/aromatic N) is 3. The number of oxazole rings is 1. The van der Waals surface area contributed by atoms with Crippen LogP contribution in [0.25, 0.3) is 22.5 Å². The first-order valence-corrected chi connectivity index (χ1v) is 9.84. The Morgan fingerprint density at radius 1 is 1.10 bits per heavy atom. The average molecular weight is 427 g/mol. The number of aromatic nitrogens is 3. The summed E-state index contributed by atoms with van der Waals surface area (Å²) < 4.78 is 26.4. The van der Waals surface area contributed by atoms with Gasteiger partial charge in [0.15, 0.2) is 12.2 Å². The van der Waals surface area contributed by atoms with Crippen molar-refractivity contribution in [2.45, 2.75) is 11.8 Å². The van der Waals surface area contributed by atoms with Crippen molar-refractivity contribution in [3.8, 4) is 22.9 Å². The average Bonchev–Trinajstić information content (AvgIpc) is 3.42. The van der Waals surface area contributed by atoms with Crippen LogP contribution >= 0.6 is 11.8 Å². The minimum Gasteiger partial charge on any atom is -0.497 e. The Bertz CT molecular complexity index is 1140. The fraction of sp³-hybridized carbons (Fsp3) is 0.200. The zero-order valence-electron chi connectivity index (χ0n) is 16.2. The Morgan fingerprint density at radius 3 is 2.77 bits per heavy atom. The van der Waals surface area contributed by atoms with Gasteiger partial charge in [-0.15, -0.1) is 0 Å². The molecule has 0 amide bonds. The number of carbonyl (C=O) groups excluding carboxylic acids is 1. The van der Waals surface area contributed by atoms with Crippen molar-refractivity contribution in [1.82, 2.24) is 15.1 Å². The maximum Gasteiger partial charge on any atom is 0.316 e. The molecule has 2 aromatic heterocycles. The van der Waals surface area contributed by atoms with Crippen molar-refractivity contribution in [2.75, 3.05) is 20.0 Å². The van der Waals surface area contributed by atoms with Crippen LogP contribution in [-0.2, 0) is 16.1 Å². The Hall–Kier alpha value is -3.53. The largest absolute Gasteiger partial charge is 0.497 e. The molecule has 0 aliphatic heterocycles. The van der Waals surface area contributed by atoms with Crippen LogP contribution in [0.3, 0.4) is 0 Å². The van der Waals surface area contributed by atoms with E-state index in [2.05, 4.69) is 15.1 Å². The lowest BCUT2D eigenvalue weighted by Gasteiger charge is -2.07. The summed E-state index contributed by atoms with van der Waals surface area (Å²) in [4.78, 5) is 20.6. The van der Waals surface area contributed by atoms with E-state index in [1.165, 1.54) is 7.11 Å². The quantitative estimate of drug-likeness (QED) is 0.305. The molecule has 4 rings (SSSR count). The van der Waals surface area contributed by atoms with E-state index < -0.39 is 5.97 Å². The van der Waals surface area contributed by atoms with E-state index in [0.29, 0.717) is 33.7 Å². The van der Waals surface area contributed by atoms with Crippen LogP contribution in [0, 0.1) is 0 Å². The maximum atomic E-state index is 12.0. The lowest BCUT2D eigenvalue weighted by Crippen LogP contribution is -2.07. The molecule has 0 radical (unpaired) electrons. The van der Waals surface area contributed by atoms with Crippen LogP contribution < -0.4 is 9.47 Å². The molecule has 0 saturated heterocycles. The molecule has 0 spiro atoms. The van der Waals surface area contributed by atoms with Crippen molar-refractivity contribution >= 4 is 28.8 Å². The number of thioether (sulfide) groups is 1. The highest BCUT2D eigenvalue weighted by Crippen LogP contribution is 2.31. The summed E-state index contributed by atoms with van der Waals surface area (Å²) in [6.45, 7) is -0.140. The van der Waals surface area contributed by atoms with E-state index in [1.807, 2.05) is 24.3 Å². The van der Waals surface area contributed by atoms with Crippen LogP contribution in [-0.4, -0.2) is 41.1 Å². The number of hydrogen-bond acceptors (Lipinski definition) is 10. The molecular weight excluding hydrogens is 410 g/mol. The third-order valence-electron chi connectivity index (χ3n) is 4.06. The molecule has 0 aliphatic rings. The van der Waals surface area contributed by atoms with Gasteiger partial charge in [0.2, 0.25) is 5.82 Å². The molecule has 2 aromatic carbocycles. The molecule has 4 aromatic rings. The zero-order valence-corrected chi connectivity index (χ0v) is 17.0. The molecule has 0 N–H and O–H groups in total. The van der Waals surface area contributed by atoms with E-state index in [1.54, 1.807) is 25.3 Å². The first kappa shape index (κ1) is 19.8. The topological polar surface area (TPSA) is 110 Å². The van der Waals surface area contributed by atoms with Crippen molar-refractivity contribution in [3.63, 3.8) is 0 Å². The zero-order chi connectivity index (χ0) is 20.9. The maximum absolute atomic E-state index is 12.0. The highest BCUT2D eigenvalue weighted by atomic mass is 32.2. The number of methoxy groups -OCH3 is 2. The van der Waals surface area contributed by atoms with Gasteiger partial charge >= 0.3 is 5.97 Å². The van der Waals surface area contributed by atoms with Gasteiger partial charge in [-0.1, -0.05) is 29.1 Å². The summed E-state index contributed by atoms with van der Waals surface area (Å²) in [5.74, 6) is 1.26. The van der Waals surface area contributed by atoms with Gasteiger partial charge in [-0.25, -0.2) is 4.98 Å². The lowest BCUT2D eigenvalue weighted by molar-refractivity contribution is -0.142. The molecule has 0 bridgehead atoms. The molecular formula is C20H17N3O6S. The van der Waals surface area contributed by atoms with E-state index in [9.17, 15) is 4.79 Å². The van der Waals surface area contributed by atoms with Crippen LogP contribution in [0.4, 0.5) is 0 Å². The summed E-state index contributed by atoms with van der Waals surface area (Å²) in [6, 6.07) is 12.6. The van der Waals surface area contributed by atoms with Crippen LogP contribution in [0.5, 0.6) is 11.5 Å². The second-order valence-electron chi connectivity index (χ2n) is 5.97. The summed E-state index contributed by atoms with van der Waals surface area (Å²) in [5, 5.41) is 4.32. The smallest absolute Gasteiger partial charge is 0.316 e. The van der Waals surface area contributed by atoms with Crippen molar-refractivity contribution in [3.05, 3.63) is 48.4 Å². The fourth-order valence-electron chi connectivity index (χ4n) is 2.62. The Balaban J connectivity index is 1.33. The number of hydrogen-bond donors (Lipinski definition) is 0. The molecule has 154 valence electrons. The predicted molar refractivity (Wildman–Crippen MR) is 107 cm³/mol. The van der Waals surface area contributed by atoms with Gasteiger partial charge in [0.05, 0.1) is 19.8 Å². The molecule has 30 heavy (non-hydrogen) atoms. The van der Waals surface area contributed by atoms with E-state index >= 15 is 0 Å². The van der Waals surface area contributed by atoms with Crippen molar-refractivity contribution < 1.29 is 27.9 Å². The minimum absolute atomic E-state index is 0.0418. The highest BCUT2D eigenvalue weighted by molar-refractivity contribution is 7.99. The minimum atomic E-state index is -0.455. The standard InChI is InChI=1S/C20H17N3O6S/c1-25-12-7-8-13(16(9-12)26-2)19-22-17(29-23-19)10-27-18(24)11-30-20-21-14-5-3-4-6-15(14)28-20/h3-9H,10-11H2,1-2H3. The first-order chi connectivity index (χ1) is 14.7. The summed E-state index contributed by atoms with van der Waals surface area (Å²) in [5.41, 5.74) is 2.03. The second-order valence-corrected chi connectivity index (χ2v) is 6.90. The molecule has 0 unspecified atom stereocenters. The number of rotatable bonds is 8. The van der Waals surface area contributed by atoms with Gasteiger partial charge in [-0.05, 0) is 24.3 Å². The summed E-state index contributed by atoms with van der Waals surface area (Å²) >= 11 is 1.15. The number of fused-ring (bicyclic) bond motifs is 1. The summed E-state index contributed by atoms with van der Waals surface area (Å²) in [7, 11) is 3.10. The van der Waals surface area contributed by atoms with Gasteiger partial charge in [0, 0.05) is 6.07 Å². The molecule has 0 aliphatic carbocycles. The Morgan fingerprint density at radius 2 is 1.97 bits per heavy atom. The van der Waals surface area contributed by atoms with E-state index in [-0.39, 0.29) is 18.3 Å². The number of para-hydroxylation sites is 2. The SMILES string of the molecule is COc1ccc(-c2noc(COC(=O)CSc3nc4ccccc4o3)n2)c(OC)c1. The summed E-state index contributed by atoms with van der Waals surface area (Å²) in [6.07, 6.45) is 0. The highest BCUT2D eigenvalue weighted by Gasteiger charge is 2.16. The molecule has 0 atom stereocenters. The van der Waals surface area contributed by atoms with Gasteiger partial charge < -0.3 is 23.2 Å². The molecule has 9 nitrogen and oxygen atoms in total. The van der Waals surface area contributed by atoms with Crippen LogP contribution in [0.2, 0.25) is 0 Å². The van der Waals surface area contributed by atoms with E-state index in [4.69, 9.17) is 23.2 Å². The molecule has 0 fully saturated rings. The van der Waals surface area contributed by atoms with Gasteiger partial charge in [0.1, 0.15) is 22.8 Å². The molecule has 10 heteroatoms. The first-order valence-electron chi connectivity index (χ1n) is 8.85. The third kappa shape index (κ3) is 4.38. The third-order valence-corrected chi connectivity index (χ3v) is 4.86. The van der Waals surface area contributed by atoms with E-state index in [0.717, 1.165) is 17.3 Å². The molecule has 0 saturated carbocycles. The molecule has 2 heterocycles. The Kier molecular flexibility index (Phi) is 5.84. The normalized spacial score (nSPS) is 10.9. The van der Waals surface area contributed by atoms with Gasteiger partial charge in [-0.2, -0.15) is 4.98 Å². The monoisotopic (exact) mass is 427 g/mol. The van der Waals surface area contributed by atoms with Gasteiger partial charge in [-0.3, -0.25) is 4.79 Å². The van der Waals surface area contributed by atoms with Crippen molar-refractivity contribution in [2.24, 2.45) is 0 Å². The number of ether oxygens (including phenoxy) is 3. The predicted octanol–water partition coefficient (Wildman–Crippen LogP) is 3.73. The lowest BCUT2D eigenvalue weighted by atomic mass is 10.2. The second kappa shape index (κ2) is 8.87. The van der Waals surface area contributed by atoms with Crippen LogP contribution in [0.1, 0.15) is 5.89 Å². The van der Waals surface area contributed by atoms with Crippen LogP contribution in [0.15, 0.2) is 56.6 Å². The van der Waals surface area contributed by atoms with Gasteiger partial charge in [0.25, 0.3) is 11.1 Å². The number of esters is 1. The Labute approximate surface area is 175 Å². The fourth-order valence-corrected chi connectivity index (χ4v) is 3.26. The van der Waals surface area contributed by atoms with Crippen molar-refractivity contribution in [1.29, 1.82) is 0 Å². The number of carbonyl (C=O) groups is 1.